The number of nitrogens with zero attached hydrogens (tertiary/aromatic N) is 5. The summed E-state index contributed by atoms with van der Waals surface area (Å²) < 4.78 is 41.6. The standard InChI is InChI=1S/C57H70N8O8S/c1-38(2)48-8-6-7-9-49(48)53-37-62(36-42-10-13-45(72-5)14-11-42)28-29-64(53)39(3)30-40-21-26-63(27-22-40)44-12-16-50(54(32-44)73-46-31-43-20-25-58-55(43)60-35-46)56(66)61-74(70,71)47-15-17-51(52(33-47)65(68)69)59-34-41-18-23-57(4,67)24-19-41/h6-17,20,25,31-33,35,38-41,53,59,67H,18-19,21-24,26-30,34,36-37H2,1-5H3,(H,58,60)(H,61,66)/t39?,41-,53-,57-/m0/s1. The summed E-state index contributed by atoms with van der Waals surface area (Å²) in [7, 11) is -2.89. The third-order valence-electron chi connectivity index (χ3n) is 15.5. The third kappa shape index (κ3) is 12.3. The molecule has 392 valence electrons. The third-order valence-corrected chi connectivity index (χ3v) is 16.9. The van der Waals surface area contributed by atoms with E-state index in [0.717, 1.165) is 94.3 Å². The van der Waals surface area contributed by atoms with E-state index in [1.54, 1.807) is 31.5 Å². The van der Waals surface area contributed by atoms with Gasteiger partial charge in [0.1, 0.15) is 28.6 Å². The minimum absolute atomic E-state index is 0.0351. The second-order valence-corrected chi connectivity index (χ2v) is 22.9. The molecule has 4 heterocycles. The molecule has 1 unspecified atom stereocenters. The highest BCUT2D eigenvalue weighted by atomic mass is 32.2. The quantitative estimate of drug-likeness (QED) is 0.0469. The number of nitro benzene ring substituents is 1. The van der Waals surface area contributed by atoms with E-state index in [2.05, 4.69) is 91.9 Å². The average molecular weight is 1030 g/mol. The van der Waals surface area contributed by atoms with Crippen LogP contribution in [0.3, 0.4) is 0 Å². The van der Waals surface area contributed by atoms with Gasteiger partial charge in [0.05, 0.1) is 34.3 Å². The average Bonchev–Trinajstić information content (AvgIpc) is 3.87. The maximum atomic E-state index is 14.1. The van der Waals surface area contributed by atoms with E-state index in [1.807, 2.05) is 31.2 Å². The molecule has 2 aromatic heterocycles. The fourth-order valence-electron chi connectivity index (χ4n) is 11.2. The molecule has 1 saturated carbocycles. The first-order valence-electron chi connectivity index (χ1n) is 26.0. The topological polar surface area (TPSA) is 195 Å². The number of benzene rings is 4. The van der Waals surface area contributed by atoms with Crippen LogP contribution in [0.1, 0.15) is 112 Å². The summed E-state index contributed by atoms with van der Waals surface area (Å²) >= 11 is 0. The Hall–Kier alpha value is -6.53. The van der Waals surface area contributed by atoms with Gasteiger partial charge in [0.25, 0.3) is 21.6 Å². The van der Waals surface area contributed by atoms with E-state index in [0.29, 0.717) is 48.7 Å². The van der Waals surface area contributed by atoms with Gasteiger partial charge in [0.15, 0.2) is 0 Å². The molecule has 17 heteroatoms. The van der Waals surface area contributed by atoms with Crippen molar-refractivity contribution in [2.24, 2.45) is 11.8 Å². The number of pyridine rings is 1. The van der Waals surface area contributed by atoms with Crippen molar-refractivity contribution in [2.45, 2.75) is 108 Å². The lowest BCUT2D eigenvalue weighted by molar-refractivity contribution is -0.384. The number of methoxy groups -OCH3 is 1. The lowest BCUT2D eigenvalue weighted by Crippen LogP contribution is -2.52. The number of sulfonamides is 1. The van der Waals surface area contributed by atoms with Gasteiger partial charge in [-0.3, -0.25) is 24.7 Å². The van der Waals surface area contributed by atoms with Gasteiger partial charge < -0.3 is 29.8 Å². The number of hydrogen-bond acceptors (Lipinski definition) is 13. The molecule has 2 atom stereocenters. The van der Waals surface area contributed by atoms with E-state index in [-0.39, 0.29) is 29.0 Å². The van der Waals surface area contributed by atoms with Crippen molar-refractivity contribution < 1.29 is 32.7 Å². The van der Waals surface area contributed by atoms with Gasteiger partial charge in [0, 0.05) is 87.3 Å². The molecule has 0 bridgehead atoms. The number of amides is 1. The lowest BCUT2D eigenvalue weighted by atomic mass is 9.80. The number of anilines is 2. The molecule has 3 fully saturated rings. The molecule has 74 heavy (non-hydrogen) atoms. The zero-order valence-electron chi connectivity index (χ0n) is 43.1. The van der Waals surface area contributed by atoms with Crippen LogP contribution in [0.5, 0.6) is 17.2 Å². The molecule has 9 rings (SSSR count). The molecule has 2 aliphatic heterocycles. The van der Waals surface area contributed by atoms with Crippen molar-refractivity contribution in [2.75, 3.05) is 56.6 Å². The number of nitro groups is 1. The second kappa shape index (κ2) is 22.5. The van der Waals surface area contributed by atoms with Crippen molar-refractivity contribution in [3.63, 3.8) is 0 Å². The summed E-state index contributed by atoms with van der Waals surface area (Å²) in [5.41, 5.74) is 4.57. The van der Waals surface area contributed by atoms with Crippen LogP contribution in [0.15, 0.2) is 114 Å². The fourth-order valence-corrected chi connectivity index (χ4v) is 12.2. The van der Waals surface area contributed by atoms with Gasteiger partial charge in [-0.25, -0.2) is 18.1 Å². The number of aliphatic hydroxyl groups is 1. The van der Waals surface area contributed by atoms with E-state index < -0.39 is 37.0 Å². The van der Waals surface area contributed by atoms with Crippen LogP contribution in [0, 0.1) is 22.0 Å². The predicted molar refractivity (Wildman–Crippen MR) is 289 cm³/mol. The molecule has 1 aliphatic carbocycles. The van der Waals surface area contributed by atoms with E-state index in [9.17, 15) is 28.4 Å². The van der Waals surface area contributed by atoms with Gasteiger partial charge in [-0.05, 0) is 142 Å². The van der Waals surface area contributed by atoms with Crippen LogP contribution >= 0.6 is 0 Å². The number of ether oxygens (including phenoxy) is 2. The van der Waals surface area contributed by atoms with Crippen molar-refractivity contribution in [1.29, 1.82) is 0 Å². The Morgan fingerprint density at radius 1 is 0.919 bits per heavy atom. The Balaban J connectivity index is 0.886. The molecular weight excluding hydrogens is 957 g/mol. The number of rotatable bonds is 18. The zero-order valence-corrected chi connectivity index (χ0v) is 43.9. The summed E-state index contributed by atoms with van der Waals surface area (Å²) in [5.74, 6) is 1.50. The predicted octanol–water partition coefficient (Wildman–Crippen LogP) is 10.4. The number of H-pyrrole nitrogens is 1. The van der Waals surface area contributed by atoms with Gasteiger partial charge in [-0.2, -0.15) is 0 Å². The Morgan fingerprint density at radius 2 is 1.68 bits per heavy atom. The highest BCUT2D eigenvalue weighted by molar-refractivity contribution is 7.90. The SMILES string of the molecule is COc1ccc(CN2CCN(C(C)CC3CCN(c4ccc(C(=O)NS(=O)(=O)c5ccc(NC[C@H]6CC[C@](C)(O)CC6)c([N+](=O)[O-])c5)c(Oc5cnc6[nH]ccc6c5)c4)CC3)[C@H](c3ccccc3C(C)C)C2)cc1. The minimum Gasteiger partial charge on any atom is -0.497 e. The van der Waals surface area contributed by atoms with E-state index in [4.69, 9.17) is 9.47 Å². The molecule has 0 spiro atoms. The highest BCUT2D eigenvalue weighted by Crippen LogP contribution is 2.39. The summed E-state index contributed by atoms with van der Waals surface area (Å²) in [5, 5.41) is 26.5. The Bertz CT molecular complexity index is 3040. The highest BCUT2D eigenvalue weighted by Gasteiger charge is 2.35. The molecule has 6 aromatic rings. The van der Waals surface area contributed by atoms with Gasteiger partial charge >= 0.3 is 0 Å². The number of carbonyl (C=O) groups is 1. The number of piperazine rings is 1. The first-order valence-corrected chi connectivity index (χ1v) is 27.5. The fraction of sp³-hybridized carbons (Fsp3) is 0.439. The number of piperidine rings is 1. The molecular formula is C57H70N8O8S. The maximum absolute atomic E-state index is 14.1. The minimum atomic E-state index is -4.59. The first kappa shape index (κ1) is 52.3. The molecule has 16 nitrogen and oxygen atoms in total. The zero-order chi connectivity index (χ0) is 52.1. The second-order valence-electron chi connectivity index (χ2n) is 21.2. The van der Waals surface area contributed by atoms with Crippen LogP contribution in [-0.2, 0) is 16.6 Å². The number of fused-ring (bicyclic) bond motifs is 1. The normalized spacial score (nSPS) is 20.6. The summed E-state index contributed by atoms with van der Waals surface area (Å²) in [4.78, 5) is 40.4. The summed E-state index contributed by atoms with van der Waals surface area (Å²) in [6.07, 6.45) is 9.11. The van der Waals surface area contributed by atoms with Crippen LogP contribution in [0.4, 0.5) is 17.1 Å². The molecule has 4 N–H and O–H groups in total. The van der Waals surface area contributed by atoms with Crippen LogP contribution in [0.25, 0.3) is 11.0 Å². The van der Waals surface area contributed by atoms with Gasteiger partial charge in [0.2, 0.25) is 0 Å². The Kier molecular flexibility index (Phi) is 15.9. The first-order chi connectivity index (χ1) is 35.5. The van der Waals surface area contributed by atoms with Crippen molar-refractivity contribution in [1.82, 2.24) is 24.5 Å². The van der Waals surface area contributed by atoms with Gasteiger partial charge in [-0.15, -0.1) is 0 Å². The Labute approximate surface area is 434 Å². The largest absolute Gasteiger partial charge is 0.497 e. The number of carbonyl (C=O) groups excluding carboxylic acids is 1. The van der Waals surface area contributed by atoms with Crippen molar-refractivity contribution in [3.8, 4) is 17.2 Å². The van der Waals surface area contributed by atoms with Crippen molar-refractivity contribution >= 4 is 44.0 Å². The van der Waals surface area contributed by atoms with E-state index in [1.165, 1.54) is 35.0 Å². The molecule has 3 aliphatic rings. The van der Waals surface area contributed by atoms with Gasteiger partial charge in [-0.1, -0.05) is 50.2 Å². The molecule has 4 aromatic carbocycles. The maximum Gasteiger partial charge on any atom is 0.293 e. The molecule has 0 radical (unpaired) electrons. The molecule has 1 amide bonds. The molecule has 2 saturated heterocycles. The van der Waals surface area contributed by atoms with Crippen LogP contribution in [0.2, 0.25) is 0 Å². The summed E-state index contributed by atoms with van der Waals surface area (Å²) in [6.45, 7) is 14.6. The van der Waals surface area contributed by atoms with E-state index >= 15 is 0 Å². The number of aromatic nitrogens is 2. The van der Waals surface area contributed by atoms with Crippen LogP contribution < -0.4 is 24.4 Å². The number of aromatic amines is 1. The number of hydrogen-bond donors (Lipinski definition) is 4. The lowest BCUT2D eigenvalue weighted by Gasteiger charge is -2.46. The number of nitrogens with one attached hydrogen (secondary N) is 3. The monoisotopic (exact) mass is 1030 g/mol. The summed E-state index contributed by atoms with van der Waals surface area (Å²) in [6, 6.07) is 30.3. The Morgan fingerprint density at radius 3 is 2.41 bits per heavy atom. The smallest absolute Gasteiger partial charge is 0.293 e. The van der Waals surface area contributed by atoms with Crippen LogP contribution in [-0.4, -0.2) is 102 Å². The van der Waals surface area contributed by atoms with Crippen molar-refractivity contribution in [3.05, 3.63) is 142 Å².